The lowest BCUT2D eigenvalue weighted by atomic mass is 10.2. The molecule has 1 fully saturated rings. The zero-order valence-electron chi connectivity index (χ0n) is 10.8. The average molecular weight is 322 g/mol. The van der Waals surface area contributed by atoms with E-state index in [0.717, 1.165) is 47.4 Å². The number of nitrogen functional groups attached to an aromatic ring is 1. The summed E-state index contributed by atoms with van der Waals surface area (Å²) in [6, 6.07) is 6.00. The van der Waals surface area contributed by atoms with Gasteiger partial charge < -0.3 is 15.5 Å². The van der Waals surface area contributed by atoms with Gasteiger partial charge >= 0.3 is 0 Å². The number of anilines is 2. The molecule has 0 saturated carbocycles. The third-order valence-corrected chi connectivity index (χ3v) is 3.95. The van der Waals surface area contributed by atoms with E-state index in [1.165, 1.54) is 0 Å². The van der Waals surface area contributed by atoms with Gasteiger partial charge in [-0.05, 0) is 25.2 Å². The number of nitrogens with two attached hydrogens (primary N) is 1. The van der Waals surface area contributed by atoms with Crippen molar-refractivity contribution in [3.8, 4) is 0 Å². The molecule has 2 aromatic rings. The first-order chi connectivity index (χ1) is 9.13. The summed E-state index contributed by atoms with van der Waals surface area (Å²) in [4.78, 5) is 13.3. The molecule has 1 aliphatic rings. The van der Waals surface area contributed by atoms with Gasteiger partial charge in [-0.25, -0.2) is 4.98 Å². The fourth-order valence-corrected chi connectivity index (χ4v) is 2.72. The SMILES string of the molecule is CN1CCN(c2nc(N)nc3ccc(Br)cc23)CC1. The van der Waals surface area contributed by atoms with Crippen LogP contribution in [-0.4, -0.2) is 48.1 Å². The molecular formula is C13H16BrN5. The third-order valence-electron chi connectivity index (χ3n) is 3.46. The van der Waals surface area contributed by atoms with Crippen LogP contribution in [0.4, 0.5) is 11.8 Å². The van der Waals surface area contributed by atoms with E-state index in [1.807, 2.05) is 12.1 Å². The van der Waals surface area contributed by atoms with Gasteiger partial charge in [-0.3, -0.25) is 0 Å². The van der Waals surface area contributed by atoms with Crippen molar-refractivity contribution in [1.29, 1.82) is 0 Å². The quantitative estimate of drug-likeness (QED) is 0.866. The minimum Gasteiger partial charge on any atom is -0.368 e. The second-order valence-corrected chi connectivity index (χ2v) is 5.77. The van der Waals surface area contributed by atoms with Crippen LogP contribution in [0.2, 0.25) is 0 Å². The Morgan fingerprint density at radius 3 is 2.63 bits per heavy atom. The molecule has 100 valence electrons. The lowest BCUT2D eigenvalue weighted by Gasteiger charge is -2.33. The summed E-state index contributed by atoms with van der Waals surface area (Å²) in [6.45, 7) is 4.02. The Morgan fingerprint density at radius 1 is 1.16 bits per heavy atom. The Kier molecular flexibility index (Phi) is 3.28. The van der Waals surface area contributed by atoms with Crippen molar-refractivity contribution in [2.24, 2.45) is 0 Å². The molecule has 19 heavy (non-hydrogen) atoms. The van der Waals surface area contributed by atoms with Gasteiger partial charge in [0.15, 0.2) is 0 Å². The van der Waals surface area contributed by atoms with Crippen LogP contribution in [0, 0.1) is 0 Å². The van der Waals surface area contributed by atoms with Gasteiger partial charge in [-0.2, -0.15) is 4.98 Å². The van der Waals surface area contributed by atoms with Crippen LogP contribution < -0.4 is 10.6 Å². The largest absolute Gasteiger partial charge is 0.368 e. The van der Waals surface area contributed by atoms with E-state index in [2.05, 4.69) is 48.8 Å². The van der Waals surface area contributed by atoms with E-state index in [9.17, 15) is 0 Å². The molecule has 5 nitrogen and oxygen atoms in total. The third kappa shape index (κ3) is 2.50. The van der Waals surface area contributed by atoms with Crippen molar-refractivity contribution < 1.29 is 0 Å². The minimum atomic E-state index is 0.337. The van der Waals surface area contributed by atoms with Crippen molar-refractivity contribution >= 4 is 38.6 Å². The zero-order chi connectivity index (χ0) is 13.4. The second-order valence-electron chi connectivity index (χ2n) is 4.86. The van der Waals surface area contributed by atoms with E-state index >= 15 is 0 Å². The fourth-order valence-electron chi connectivity index (χ4n) is 2.36. The van der Waals surface area contributed by atoms with Crippen molar-refractivity contribution in [2.45, 2.75) is 0 Å². The molecule has 1 aromatic carbocycles. The minimum absolute atomic E-state index is 0.337. The van der Waals surface area contributed by atoms with Gasteiger partial charge in [0.1, 0.15) is 5.82 Å². The first-order valence-corrected chi connectivity index (χ1v) is 7.09. The molecule has 1 aliphatic heterocycles. The summed E-state index contributed by atoms with van der Waals surface area (Å²) in [7, 11) is 2.14. The highest BCUT2D eigenvalue weighted by atomic mass is 79.9. The maximum atomic E-state index is 5.83. The van der Waals surface area contributed by atoms with Gasteiger partial charge in [0.25, 0.3) is 0 Å². The molecule has 0 radical (unpaired) electrons. The van der Waals surface area contributed by atoms with Crippen molar-refractivity contribution in [3.05, 3.63) is 22.7 Å². The molecule has 2 heterocycles. The Morgan fingerprint density at radius 2 is 1.89 bits per heavy atom. The van der Waals surface area contributed by atoms with E-state index in [0.29, 0.717) is 5.95 Å². The van der Waals surface area contributed by atoms with Crippen LogP contribution in [0.3, 0.4) is 0 Å². The van der Waals surface area contributed by atoms with Crippen molar-refractivity contribution in [2.75, 3.05) is 43.9 Å². The Labute approximate surface area is 120 Å². The van der Waals surface area contributed by atoms with Crippen LogP contribution in [0.25, 0.3) is 10.9 Å². The number of fused-ring (bicyclic) bond motifs is 1. The molecule has 0 atom stereocenters. The maximum Gasteiger partial charge on any atom is 0.222 e. The van der Waals surface area contributed by atoms with Gasteiger partial charge in [0, 0.05) is 36.0 Å². The van der Waals surface area contributed by atoms with E-state index in [-0.39, 0.29) is 0 Å². The van der Waals surface area contributed by atoms with Gasteiger partial charge in [-0.1, -0.05) is 15.9 Å². The fraction of sp³-hybridized carbons (Fsp3) is 0.385. The van der Waals surface area contributed by atoms with Crippen molar-refractivity contribution in [3.63, 3.8) is 0 Å². The molecule has 1 saturated heterocycles. The molecule has 3 rings (SSSR count). The standard InChI is InChI=1S/C13H16BrN5/c1-18-4-6-19(7-5-18)12-10-8-9(14)2-3-11(10)16-13(15)17-12/h2-3,8H,4-7H2,1H3,(H2,15,16,17). The molecule has 1 aromatic heterocycles. The molecule has 0 bridgehead atoms. The van der Waals surface area contributed by atoms with E-state index in [1.54, 1.807) is 0 Å². The number of hydrogen-bond acceptors (Lipinski definition) is 5. The van der Waals surface area contributed by atoms with E-state index in [4.69, 9.17) is 5.73 Å². The monoisotopic (exact) mass is 321 g/mol. The number of rotatable bonds is 1. The van der Waals surface area contributed by atoms with Crippen LogP contribution in [-0.2, 0) is 0 Å². The highest BCUT2D eigenvalue weighted by Gasteiger charge is 2.18. The average Bonchev–Trinajstić information content (AvgIpc) is 2.39. The van der Waals surface area contributed by atoms with Gasteiger partial charge in [-0.15, -0.1) is 0 Å². The number of aromatic nitrogens is 2. The number of nitrogens with zero attached hydrogens (tertiary/aromatic N) is 4. The molecule has 0 spiro atoms. The Balaban J connectivity index is 2.08. The molecule has 0 amide bonds. The summed E-state index contributed by atoms with van der Waals surface area (Å²) in [6.07, 6.45) is 0. The predicted molar refractivity (Wildman–Crippen MR) is 81.4 cm³/mol. The molecule has 2 N–H and O–H groups in total. The molecule has 6 heteroatoms. The number of halogens is 1. The Bertz CT molecular complexity index is 607. The summed E-state index contributed by atoms with van der Waals surface area (Å²) >= 11 is 3.51. The van der Waals surface area contributed by atoms with Gasteiger partial charge in [0.05, 0.1) is 5.52 Å². The smallest absolute Gasteiger partial charge is 0.222 e. The Hall–Kier alpha value is -1.40. The second kappa shape index (κ2) is 4.94. The predicted octanol–water partition coefficient (Wildman–Crippen LogP) is 1.73. The van der Waals surface area contributed by atoms with Crippen LogP contribution in [0.15, 0.2) is 22.7 Å². The molecular weight excluding hydrogens is 306 g/mol. The zero-order valence-corrected chi connectivity index (χ0v) is 12.4. The van der Waals surface area contributed by atoms with Gasteiger partial charge in [0.2, 0.25) is 5.95 Å². The normalized spacial score (nSPS) is 17.1. The van der Waals surface area contributed by atoms with Crippen LogP contribution in [0.1, 0.15) is 0 Å². The summed E-state index contributed by atoms with van der Waals surface area (Å²) in [5.41, 5.74) is 6.72. The topological polar surface area (TPSA) is 58.3 Å². The summed E-state index contributed by atoms with van der Waals surface area (Å²) in [5, 5.41) is 1.05. The first kappa shape index (κ1) is 12.6. The van der Waals surface area contributed by atoms with Crippen molar-refractivity contribution in [1.82, 2.24) is 14.9 Å². The highest BCUT2D eigenvalue weighted by molar-refractivity contribution is 9.10. The highest BCUT2D eigenvalue weighted by Crippen LogP contribution is 2.28. The van der Waals surface area contributed by atoms with Crippen LogP contribution >= 0.6 is 15.9 Å². The van der Waals surface area contributed by atoms with Crippen LogP contribution in [0.5, 0.6) is 0 Å². The van der Waals surface area contributed by atoms with E-state index < -0.39 is 0 Å². The first-order valence-electron chi connectivity index (χ1n) is 6.30. The number of benzene rings is 1. The summed E-state index contributed by atoms with van der Waals surface area (Å²) in [5.74, 6) is 1.28. The number of hydrogen-bond donors (Lipinski definition) is 1. The lowest BCUT2D eigenvalue weighted by molar-refractivity contribution is 0.312. The molecule has 0 aliphatic carbocycles. The number of piperazine rings is 1. The molecule has 0 unspecified atom stereocenters. The summed E-state index contributed by atoms with van der Waals surface area (Å²) < 4.78 is 1.03. The maximum absolute atomic E-state index is 5.83. The lowest BCUT2D eigenvalue weighted by Crippen LogP contribution is -2.45. The number of likely N-dealkylation sites (N-methyl/N-ethyl adjacent to an activating group) is 1.